The number of fused-ring (bicyclic) bond motifs is 5. The summed E-state index contributed by atoms with van der Waals surface area (Å²) in [5.41, 5.74) is 1.81. The average Bonchev–Trinajstić information content (AvgIpc) is 2.98. The number of unbranched alkanes of at least 4 members (excludes halogenated alkanes) is 4. The summed E-state index contributed by atoms with van der Waals surface area (Å²) >= 11 is 0. The van der Waals surface area contributed by atoms with Crippen LogP contribution in [-0.2, 0) is 6.42 Å². The molecule has 0 spiro atoms. The normalized spacial score (nSPS) is 35.2. The van der Waals surface area contributed by atoms with E-state index in [2.05, 4.69) is 24.8 Å². The van der Waals surface area contributed by atoms with Crippen molar-refractivity contribution in [3.63, 3.8) is 0 Å². The zero-order chi connectivity index (χ0) is 20.5. The van der Waals surface area contributed by atoms with Gasteiger partial charge in [0.2, 0.25) is 0 Å². The summed E-state index contributed by atoms with van der Waals surface area (Å²) in [6.45, 7) is 2.57. The number of aromatic hydroxyl groups is 1. The smallest absolute Gasteiger partial charge is 0.131 e. The fourth-order valence-electron chi connectivity index (χ4n) is 6.68. The van der Waals surface area contributed by atoms with Crippen molar-refractivity contribution in [2.45, 2.75) is 89.1 Å². The molecule has 0 unspecified atom stereocenters. The molecule has 0 aromatic heterocycles. The molecule has 3 nitrogen and oxygen atoms in total. The van der Waals surface area contributed by atoms with Gasteiger partial charge in [0.1, 0.15) is 11.4 Å². The highest BCUT2D eigenvalue weighted by Gasteiger charge is 2.61. The largest absolute Gasteiger partial charge is 0.508 e. The number of phenols is 1. The summed E-state index contributed by atoms with van der Waals surface area (Å²) in [5.74, 6) is 8.75. The summed E-state index contributed by atoms with van der Waals surface area (Å²) in [4.78, 5) is 0. The van der Waals surface area contributed by atoms with Gasteiger partial charge in [-0.3, -0.25) is 0 Å². The Hall–Kier alpha value is -1.50. The Morgan fingerprint density at radius 2 is 1.90 bits per heavy atom. The molecular weight excluding hydrogens is 360 g/mol. The Labute approximate surface area is 175 Å². The lowest BCUT2D eigenvalue weighted by molar-refractivity contribution is -0.0648. The van der Waals surface area contributed by atoms with Crippen molar-refractivity contribution in [3.05, 3.63) is 29.3 Å². The quantitative estimate of drug-likeness (QED) is 0.489. The van der Waals surface area contributed by atoms with Crippen molar-refractivity contribution in [2.75, 3.05) is 6.61 Å². The van der Waals surface area contributed by atoms with Crippen LogP contribution in [0.2, 0.25) is 0 Å². The molecule has 5 atom stereocenters. The average molecular weight is 397 g/mol. The highest BCUT2D eigenvalue weighted by atomic mass is 16.3. The van der Waals surface area contributed by atoms with Crippen LogP contribution >= 0.6 is 0 Å². The van der Waals surface area contributed by atoms with Crippen LogP contribution in [0.5, 0.6) is 5.75 Å². The van der Waals surface area contributed by atoms with Crippen molar-refractivity contribution >= 4 is 0 Å². The van der Waals surface area contributed by atoms with Crippen LogP contribution < -0.4 is 0 Å². The molecule has 0 heterocycles. The molecule has 0 amide bonds. The molecule has 2 fully saturated rings. The first kappa shape index (κ1) is 20.8. The molecule has 3 heteroatoms. The van der Waals surface area contributed by atoms with Gasteiger partial charge in [-0.05, 0) is 92.4 Å². The molecule has 3 aliphatic rings. The Morgan fingerprint density at radius 3 is 2.72 bits per heavy atom. The van der Waals surface area contributed by atoms with Crippen LogP contribution in [0.4, 0.5) is 0 Å². The molecule has 3 aliphatic carbocycles. The fraction of sp³-hybridized carbons (Fsp3) is 0.692. The number of benzene rings is 1. The molecule has 0 bridgehead atoms. The topological polar surface area (TPSA) is 60.7 Å². The van der Waals surface area contributed by atoms with Gasteiger partial charge >= 0.3 is 0 Å². The molecule has 158 valence electrons. The fourth-order valence-corrected chi connectivity index (χ4v) is 6.68. The van der Waals surface area contributed by atoms with Gasteiger partial charge in [-0.25, -0.2) is 0 Å². The maximum absolute atomic E-state index is 11.6. The zero-order valence-electron chi connectivity index (χ0n) is 17.8. The number of aryl methyl sites for hydroxylation is 1. The summed E-state index contributed by atoms with van der Waals surface area (Å²) in [7, 11) is 0. The van der Waals surface area contributed by atoms with Crippen molar-refractivity contribution in [2.24, 2.45) is 17.3 Å². The van der Waals surface area contributed by atoms with Gasteiger partial charge < -0.3 is 15.3 Å². The van der Waals surface area contributed by atoms with E-state index in [4.69, 9.17) is 5.11 Å². The molecule has 3 N–H and O–H groups in total. The van der Waals surface area contributed by atoms with Crippen LogP contribution in [0.15, 0.2) is 18.2 Å². The van der Waals surface area contributed by atoms with Gasteiger partial charge in [0, 0.05) is 18.4 Å². The molecular formula is C26H36O3. The molecule has 1 aromatic rings. The number of aliphatic hydroxyl groups is 2. The first-order chi connectivity index (χ1) is 14.0. The summed E-state index contributed by atoms with van der Waals surface area (Å²) in [5, 5.41) is 30.3. The van der Waals surface area contributed by atoms with E-state index in [1.807, 2.05) is 12.1 Å². The second-order valence-electron chi connectivity index (χ2n) is 9.84. The number of hydrogen-bond acceptors (Lipinski definition) is 3. The van der Waals surface area contributed by atoms with Crippen molar-refractivity contribution < 1.29 is 15.3 Å². The third-order valence-electron chi connectivity index (χ3n) is 8.37. The molecule has 0 aliphatic heterocycles. The highest BCUT2D eigenvalue weighted by molar-refractivity contribution is 5.40. The number of phenolic OH excluding ortho intramolecular Hbond substituents is 1. The van der Waals surface area contributed by atoms with Gasteiger partial charge in [-0.2, -0.15) is 0 Å². The second kappa shape index (κ2) is 8.32. The minimum atomic E-state index is -0.844. The van der Waals surface area contributed by atoms with Gasteiger partial charge in [-0.15, -0.1) is 5.92 Å². The predicted molar refractivity (Wildman–Crippen MR) is 116 cm³/mol. The van der Waals surface area contributed by atoms with Crippen molar-refractivity contribution in [1.82, 2.24) is 0 Å². The predicted octanol–water partition coefficient (Wildman–Crippen LogP) is 4.93. The Morgan fingerprint density at radius 1 is 1.07 bits per heavy atom. The molecule has 29 heavy (non-hydrogen) atoms. The summed E-state index contributed by atoms with van der Waals surface area (Å²) in [6, 6.07) is 5.93. The van der Waals surface area contributed by atoms with E-state index in [1.54, 1.807) is 0 Å². The van der Waals surface area contributed by atoms with Crippen LogP contribution in [0.3, 0.4) is 0 Å². The van der Waals surface area contributed by atoms with E-state index in [0.717, 1.165) is 70.6 Å². The molecule has 0 radical (unpaired) electrons. The van der Waals surface area contributed by atoms with E-state index in [0.29, 0.717) is 23.5 Å². The van der Waals surface area contributed by atoms with E-state index < -0.39 is 5.60 Å². The lowest BCUT2D eigenvalue weighted by atomic mass is 9.53. The SMILES string of the molecule is C[C@]12CC[C@@H]3c4ccc(O)cc4CC[C@H]3[C@@H]1CC[C@@]2(O)C#CCCCCCCO. The van der Waals surface area contributed by atoms with Crippen LogP contribution in [-0.4, -0.2) is 27.5 Å². The Bertz CT molecular complexity index is 791. The third kappa shape index (κ3) is 3.71. The standard InChI is InChI=1S/C26H36O3/c1-25-15-12-22-21-11-9-20(28)18-19(21)8-10-23(22)24(25)13-16-26(25,29)14-6-4-2-3-5-7-17-27/h9,11,18,22-24,27-29H,2-5,7-8,10,12-13,15-17H2,1H3/t22-,23-,24+,25+,26+/m1/s1. The number of aliphatic hydroxyl groups excluding tert-OH is 1. The third-order valence-corrected chi connectivity index (χ3v) is 8.37. The van der Waals surface area contributed by atoms with Gasteiger partial charge in [-0.1, -0.05) is 31.8 Å². The Kier molecular flexibility index (Phi) is 5.96. The van der Waals surface area contributed by atoms with Gasteiger partial charge in [0.15, 0.2) is 0 Å². The van der Waals surface area contributed by atoms with E-state index >= 15 is 0 Å². The highest BCUT2D eigenvalue weighted by Crippen LogP contribution is 2.64. The Balaban J connectivity index is 1.46. The molecule has 1 aromatic carbocycles. The second-order valence-corrected chi connectivity index (χ2v) is 9.84. The zero-order valence-corrected chi connectivity index (χ0v) is 17.8. The lowest BCUT2D eigenvalue weighted by Crippen LogP contribution is -2.50. The maximum Gasteiger partial charge on any atom is 0.131 e. The number of hydrogen-bond donors (Lipinski definition) is 3. The van der Waals surface area contributed by atoms with Crippen LogP contribution in [0, 0.1) is 29.1 Å². The van der Waals surface area contributed by atoms with Crippen molar-refractivity contribution in [1.29, 1.82) is 0 Å². The maximum atomic E-state index is 11.6. The molecule has 4 rings (SSSR count). The van der Waals surface area contributed by atoms with Gasteiger partial charge in [0.25, 0.3) is 0 Å². The first-order valence-electron chi connectivity index (χ1n) is 11.6. The first-order valence-corrected chi connectivity index (χ1v) is 11.6. The summed E-state index contributed by atoms with van der Waals surface area (Å²) in [6.07, 6.45) is 11.2. The lowest BCUT2D eigenvalue weighted by Gasteiger charge is -2.52. The molecule has 2 saturated carbocycles. The minimum absolute atomic E-state index is 0.105. The van der Waals surface area contributed by atoms with Crippen molar-refractivity contribution in [3.8, 4) is 17.6 Å². The van der Waals surface area contributed by atoms with Crippen LogP contribution in [0.1, 0.15) is 88.2 Å². The van der Waals surface area contributed by atoms with Gasteiger partial charge in [0.05, 0.1) is 0 Å². The van der Waals surface area contributed by atoms with E-state index in [9.17, 15) is 10.2 Å². The van der Waals surface area contributed by atoms with Crippen LogP contribution in [0.25, 0.3) is 0 Å². The minimum Gasteiger partial charge on any atom is -0.508 e. The summed E-state index contributed by atoms with van der Waals surface area (Å²) < 4.78 is 0. The monoisotopic (exact) mass is 396 g/mol. The van der Waals surface area contributed by atoms with E-state index in [-0.39, 0.29) is 12.0 Å². The van der Waals surface area contributed by atoms with E-state index in [1.165, 1.54) is 11.1 Å². The number of rotatable bonds is 5. The molecule has 0 saturated heterocycles.